The molecule has 0 atom stereocenters. The van der Waals surface area contributed by atoms with Gasteiger partial charge in [0.2, 0.25) is 0 Å². The Labute approximate surface area is 118 Å². The van der Waals surface area contributed by atoms with Crippen LogP contribution in [0.4, 0.5) is 5.82 Å². The quantitative estimate of drug-likeness (QED) is 0.930. The minimum Gasteiger partial charge on any atom is -0.369 e. The second kappa shape index (κ2) is 4.93. The molecule has 1 aliphatic heterocycles. The van der Waals surface area contributed by atoms with E-state index in [4.69, 9.17) is 5.10 Å². The number of hydrogen-bond donors (Lipinski definition) is 1. The Kier molecular flexibility index (Phi) is 3.27. The molecule has 0 amide bonds. The Morgan fingerprint density at radius 1 is 1.37 bits per heavy atom. The van der Waals surface area contributed by atoms with Gasteiger partial charge in [-0.3, -0.25) is 0 Å². The molecule has 0 aliphatic carbocycles. The monoisotopic (exact) mass is 273 g/mol. The topological polar surface area (TPSA) is 29.9 Å². The summed E-state index contributed by atoms with van der Waals surface area (Å²) in [6, 6.07) is 6.53. The molecule has 1 aromatic carbocycles. The average molecular weight is 273 g/mol. The maximum absolute atomic E-state index is 4.82. The van der Waals surface area contributed by atoms with Crippen molar-refractivity contribution in [2.75, 3.05) is 18.1 Å². The molecular weight excluding hydrogens is 254 g/mol. The molecule has 0 saturated heterocycles. The van der Waals surface area contributed by atoms with E-state index in [1.54, 1.807) is 0 Å². The normalized spacial score (nSPS) is 13.4. The minimum atomic E-state index is 0.988. The highest BCUT2D eigenvalue weighted by Gasteiger charge is 2.23. The molecule has 0 saturated carbocycles. The lowest BCUT2D eigenvalue weighted by Crippen LogP contribution is -2.06. The fraction of sp³-hybridized carbons (Fsp3) is 0.400. The molecule has 100 valence electrons. The van der Waals surface area contributed by atoms with Gasteiger partial charge in [0.05, 0.1) is 11.4 Å². The number of thioether (sulfide) groups is 1. The first-order valence-electron chi connectivity index (χ1n) is 6.62. The summed E-state index contributed by atoms with van der Waals surface area (Å²) in [7, 11) is 0. The van der Waals surface area contributed by atoms with Gasteiger partial charge >= 0.3 is 0 Å². The molecule has 3 nitrogen and oxygen atoms in total. The van der Waals surface area contributed by atoms with Crippen molar-refractivity contribution in [1.82, 2.24) is 9.78 Å². The minimum absolute atomic E-state index is 0.988. The number of benzene rings is 1. The summed E-state index contributed by atoms with van der Waals surface area (Å²) < 4.78 is 2.09. The van der Waals surface area contributed by atoms with Crippen LogP contribution in [0.1, 0.15) is 22.4 Å². The zero-order valence-electron chi connectivity index (χ0n) is 11.7. The first-order chi connectivity index (χ1) is 9.20. The van der Waals surface area contributed by atoms with Crippen LogP contribution in [0.5, 0.6) is 0 Å². The van der Waals surface area contributed by atoms with Crippen LogP contribution in [0.2, 0.25) is 0 Å². The maximum Gasteiger partial charge on any atom is 0.133 e. The van der Waals surface area contributed by atoms with Crippen LogP contribution in [0.15, 0.2) is 18.2 Å². The van der Waals surface area contributed by atoms with Crippen LogP contribution in [-0.2, 0) is 12.2 Å². The summed E-state index contributed by atoms with van der Waals surface area (Å²) in [4.78, 5) is 0. The van der Waals surface area contributed by atoms with E-state index >= 15 is 0 Å². The standard InChI is InChI=1S/C15H19N3S/c1-10-4-5-14(11(2)8-10)18-15-12(6-7-16-15)13(17-18)9-19-3/h4-5,8,16H,6-7,9H2,1-3H3. The summed E-state index contributed by atoms with van der Waals surface area (Å²) in [6.07, 6.45) is 3.22. The van der Waals surface area contributed by atoms with Crippen LogP contribution in [0, 0.1) is 13.8 Å². The van der Waals surface area contributed by atoms with E-state index in [1.165, 1.54) is 33.9 Å². The third-order valence-corrected chi connectivity index (χ3v) is 4.16. The summed E-state index contributed by atoms with van der Waals surface area (Å²) >= 11 is 1.83. The summed E-state index contributed by atoms with van der Waals surface area (Å²) in [5, 5.41) is 8.29. The molecule has 19 heavy (non-hydrogen) atoms. The lowest BCUT2D eigenvalue weighted by molar-refractivity contribution is 0.847. The fourth-order valence-corrected chi connectivity index (χ4v) is 3.22. The second-order valence-electron chi connectivity index (χ2n) is 5.09. The number of rotatable bonds is 3. The number of fused-ring (bicyclic) bond motifs is 1. The zero-order chi connectivity index (χ0) is 13.4. The van der Waals surface area contributed by atoms with Gasteiger partial charge in [-0.1, -0.05) is 17.7 Å². The predicted octanol–water partition coefficient (Wildman–Crippen LogP) is 3.32. The molecule has 2 heterocycles. The largest absolute Gasteiger partial charge is 0.369 e. The molecule has 0 fully saturated rings. The molecule has 2 aromatic rings. The predicted molar refractivity (Wildman–Crippen MR) is 82.5 cm³/mol. The maximum atomic E-state index is 4.82. The Balaban J connectivity index is 2.12. The molecule has 0 radical (unpaired) electrons. The van der Waals surface area contributed by atoms with Gasteiger partial charge in [-0.05, 0) is 38.2 Å². The van der Waals surface area contributed by atoms with Gasteiger partial charge in [-0.15, -0.1) is 0 Å². The third-order valence-electron chi connectivity index (χ3n) is 3.60. The number of aromatic nitrogens is 2. The van der Waals surface area contributed by atoms with Crippen molar-refractivity contribution in [3.63, 3.8) is 0 Å². The van der Waals surface area contributed by atoms with E-state index in [9.17, 15) is 0 Å². The van der Waals surface area contributed by atoms with Crippen LogP contribution >= 0.6 is 11.8 Å². The number of nitrogens with zero attached hydrogens (tertiary/aromatic N) is 2. The lowest BCUT2D eigenvalue weighted by atomic mass is 10.1. The van der Waals surface area contributed by atoms with Crippen molar-refractivity contribution in [2.24, 2.45) is 0 Å². The van der Waals surface area contributed by atoms with Gasteiger partial charge in [-0.2, -0.15) is 16.9 Å². The fourth-order valence-electron chi connectivity index (χ4n) is 2.72. The zero-order valence-corrected chi connectivity index (χ0v) is 12.5. The second-order valence-corrected chi connectivity index (χ2v) is 5.95. The SMILES string of the molecule is CSCc1nn(-c2ccc(C)cc2C)c2c1CCN2. The van der Waals surface area contributed by atoms with Crippen molar-refractivity contribution >= 4 is 17.6 Å². The molecule has 0 bridgehead atoms. The van der Waals surface area contributed by atoms with Gasteiger partial charge in [0.1, 0.15) is 5.82 Å². The highest BCUT2D eigenvalue weighted by atomic mass is 32.2. The van der Waals surface area contributed by atoms with Gasteiger partial charge in [0, 0.05) is 17.9 Å². The molecule has 1 N–H and O–H groups in total. The Morgan fingerprint density at radius 3 is 2.95 bits per heavy atom. The van der Waals surface area contributed by atoms with E-state index in [0.717, 1.165) is 18.7 Å². The first-order valence-corrected chi connectivity index (χ1v) is 8.01. The first kappa shape index (κ1) is 12.6. The van der Waals surface area contributed by atoms with Crippen molar-refractivity contribution in [3.8, 4) is 5.69 Å². The average Bonchev–Trinajstić information content (AvgIpc) is 2.94. The molecule has 1 aliphatic rings. The highest BCUT2D eigenvalue weighted by Crippen LogP contribution is 2.31. The van der Waals surface area contributed by atoms with E-state index in [1.807, 2.05) is 11.8 Å². The van der Waals surface area contributed by atoms with Crippen LogP contribution < -0.4 is 5.32 Å². The summed E-state index contributed by atoms with van der Waals surface area (Å²) in [5.41, 5.74) is 6.38. The molecule has 0 unspecified atom stereocenters. The number of nitrogens with one attached hydrogen (secondary N) is 1. The van der Waals surface area contributed by atoms with E-state index < -0.39 is 0 Å². The molecular formula is C15H19N3S. The number of anilines is 1. The van der Waals surface area contributed by atoms with Crippen molar-refractivity contribution in [1.29, 1.82) is 0 Å². The lowest BCUT2D eigenvalue weighted by Gasteiger charge is -2.10. The van der Waals surface area contributed by atoms with Crippen molar-refractivity contribution in [3.05, 3.63) is 40.6 Å². The highest BCUT2D eigenvalue weighted by molar-refractivity contribution is 7.97. The van der Waals surface area contributed by atoms with E-state index in [-0.39, 0.29) is 0 Å². The van der Waals surface area contributed by atoms with E-state index in [2.05, 4.69) is 48.3 Å². The molecule has 3 rings (SSSR count). The Hall–Kier alpha value is -1.42. The summed E-state index contributed by atoms with van der Waals surface area (Å²) in [5.74, 6) is 2.18. The van der Waals surface area contributed by atoms with Gasteiger partial charge in [0.15, 0.2) is 0 Å². The van der Waals surface area contributed by atoms with Gasteiger partial charge in [0.25, 0.3) is 0 Å². The Bertz CT molecular complexity index is 616. The van der Waals surface area contributed by atoms with Crippen molar-refractivity contribution in [2.45, 2.75) is 26.0 Å². The van der Waals surface area contributed by atoms with Gasteiger partial charge < -0.3 is 5.32 Å². The van der Waals surface area contributed by atoms with Gasteiger partial charge in [-0.25, -0.2) is 4.68 Å². The van der Waals surface area contributed by atoms with Crippen LogP contribution in [0.3, 0.4) is 0 Å². The third kappa shape index (κ3) is 2.14. The molecule has 1 aromatic heterocycles. The smallest absolute Gasteiger partial charge is 0.133 e. The van der Waals surface area contributed by atoms with Crippen LogP contribution in [0.25, 0.3) is 5.69 Å². The Morgan fingerprint density at radius 2 is 2.21 bits per heavy atom. The number of hydrogen-bond acceptors (Lipinski definition) is 3. The molecule has 0 spiro atoms. The summed E-state index contributed by atoms with van der Waals surface area (Å²) in [6.45, 7) is 5.31. The van der Waals surface area contributed by atoms with Crippen LogP contribution in [-0.4, -0.2) is 22.6 Å². The number of aryl methyl sites for hydroxylation is 2. The molecule has 4 heteroatoms. The van der Waals surface area contributed by atoms with E-state index in [0.29, 0.717) is 0 Å². The van der Waals surface area contributed by atoms with Crippen molar-refractivity contribution < 1.29 is 0 Å².